The van der Waals surface area contributed by atoms with Gasteiger partial charge in [-0.3, -0.25) is 0 Å². The van der Waals surface area contributed by atoms with E-state index in [4.69, 9.17) is 4.74 Å². The summed E-state index contributed by atoms with van der Waals surface area (Å²) in [6.07, 6.45) is 6.57. The molecule has 0 aliphatic rings. The van der Waals surface area contributed by atoms with Crippen LogP contribution in [0.15, 0.2) is 21.1 Å². The van der Waals surface area contributed by atoms with Crippen molar-refractivity contribution in [2.75, 3.05) is 6.61 Å². The molecular weight excluding hydrogens is 394 g/mol. The van der Waals surface area contributed by atoms with Gasteiger partial charge in [-0.1, -0.05) is 32.6 Å². The molecule has 4 heteroatoms. The fourth-order valence-electron chi connectivity index (χ4n) is 2.27. The molecule has 1 rings (SSSR count). The fraction of sp³-hybridized carbons (Fsp3) is 0.647. The Labute approximate surface area is 146 Å². The zero-order chi connectivity index (χ0) is 15.7. The number of nitrogens with one attached hydrogen (secondary N) is 1. The van der Waals surface area contributed by atoms with Gasteiger partial charge in [0, 0.05) is 12.6 Å². The van der Waals surface area contributed by atoms with E-state index in [9.17, 15) is 0 Å². The Balaban J connectivity index is 2.44. The molecule has 0 aliphatic carbocycles. The highest BCUT2D eigenvalue weighted by Gasteiger charge is 2.09. The van der Waals surface area contributed by atoms with E-state index in [2.05, 4.69) is 63.2 Å². The smallest absolute Gasteiger partial charge is 0.147 e. The van der Waals surface area contributed by atoms with Gasteiger partial charge in [0.2, 0.25) is 0 Å². The predicted octanol–water partition coefficient (Wildman–Crippen LogP) is 6.06. The van der Waals surface area contributed by atoms with Gasteiger partial charge in [0.25, 0.3) is 0 Å². The largest absolute Gasteiger partial charge is 0.492 e. The van der Waals surface area contributed by atoms with Crippen LogP contribution < -0.4 is 10.1 Å². The molecule has 1 unspecified atom stereocenters. The van der Waals surface area contributed by atoms with Crippen molar-refractivity contribution in [2.24, 2.45) is 0 Å². The minimum Gasteiger partial charge on any atom is -0.492 e. The van der Waals surface area contributed by atoms with Crippen LogP contribution in [0.2, 0.25) is 0 Å². The van der Waals surface area contributed by atoms with Gasteiger partial charge in [-0.25, -0.2) is 0 Å². The average Bonchev–Trinajstić information content (AvgIpc) is 2.45. The third-order valence-electron chi connectivity index (χ3n) is 3.49. The summed E-state index contributed by atoms with van der Waals surface area (Å²) in [5.74, 6) is 0.883. The first-order valence-electron chi connectivity index (χ1n) is 7.92. The van der Waals surface area contributed by atoms with Crippen LogP contribution in [-0.4, -0.2) is 12.6 Å². The summed E-state index contributed by atoms with van der Waals surface area (Å²) in [4.78, 5) is 0. The molecule has 0 radical (unpaired) electrons. The van der Waals surface area contributed by atoms with Crippen molar-refractivity contribution >= 4 is 31.9 Å². The Bertz CT molecular complexity index is 400. The van der Waals surface area contributed by atoms with Crippen LogP contribution in [0.1, 0.15) is 58.4 Å². The number of unbranched alkanes of at least 4 members (excludes halogenated alkanes) is 3. The third-order valence-corrected chi connectivity index (χ3v) is 4.67. The Morgan fingerprint density at radius 3 is 2.33 bits per heavy atom. The topological polar surface area (TPSA) is 21.3 Å². The molecule has 1 aromatic rings. The first-order valence-corrected chi connectivity index (χ1v) is 9.51. The van der Waals surface area contributed by atoms with E-state index in [1.807, 2.05) is 6.92 Å². The summed E-state index contributed by atoms with van der Waals surface area (Å²) < 4.78 is 7.62. The van der Waals surface area contributed by atoms with Crippen LogP contribution >= 0.6 is 31.9 Å². The van der Waals surface area contributed by atoms with Crippen LogP contribution in [0.3, 0.4) is 0 Å². The van der Waals surface area contributed by atoms with Gasteiger partial charge >= 0.3 is 0 Å². The van der Waals surface area contributed by atoms with Crippen LogP contribution in [-0.2, 0) is 6.54 Å². The number of benzene rings is 1. The molecule has 120 valence electrons. The maximum atomic E-state index is 5.61. The molecule has 0 saturated carbocycles. The lowest BCUT2D eigenvalue weighted by atomic mass is 10.1. The predicted molar refractivity (Wildman–Crippen MR) is 98.1 cm³/mol. The summed E-state index contributed by atoms with van der Waals surface area (Å²) in [5, 5.41) is 3.60. The molecule has 21 heavy (non-hydrogen) atoms. The van der Waals surface area contributed by atoms with E-state index in [-0.39, 0.29) is 0 Å². The summed E-state index contributed by atoms with van der Waals surface area (Å²) in [6.45, 7) is 8.07. The Morgan fingerprint density at radius 1 is 1.10 bits per heavy atom. The number of hydrogen-bond acceptors (Lipinski definition) is 2. The highest BCUT2D eigenvalue weighted by atomic mass is 79.9. The van der Waals surface area contributed by atoms with Crippen LogP contribution in [0.5, 0.6) is 5.75 Å². The quantitative estimate of drug-likeness (QED) is 0.464. The molecule has 0 saturated heterocycles. The van der Waals surface area contributed by atoms with Gasteiger partial charge in [-0.2, -0.15) is 0 Å². The summed E-state index contributed by atoms with van der Waals surface area (Å²) in [7, 11) is 0. The molecule has 0 aromatic heterocycles. The molecule has 0 spiro atoms. The molecular formula is C17H27Br2NO. The van der Waals surface area contributed by atoms with Gasteiger partial charge < -0.3 is 10.1 Å². The normalized spacial score (nSPS) is 12.4. The second-order valence-corrected chi connectivity index (χ2v) is 7.16. The second-order valence-electron chi connectivity index (χ2n) is 5.45. The van der Waals surface area contributed by atoms with Gasteiger partial charge in [0.1, 0.15) is 5.75 Å². The maximum Gasteiger partial charge on any atom is 0.147 e. The van der Waals surface area contributed by atoms with Crippen molar-refractivity contribution in [1.82, 2.24) is 5.32 Å². The molecule has 0 aliphatic heterocycles. The maximum absolute atomic E-state index is 5.61. The summed E-state index contributed by atoms with van der Waals surface area (Å²) >= 11 is 7.16. The average molecular weight is 421 g/mol. The zero-order valence-corrected chi connectivity index (χ0v) is 16.5. The molecule has 1 aromatic carbocycles. The van der Waals surface area contributed by atoms with Gasteiger partial charge in [0.05, 0.1) is 15.6 Å². The lowest BCUT2D eigenvalue weighted by molar-refractivity contribution is 0.336. The van der Waals surface area contributed by atoms with E-state index >= 15 is 0 Å². The minimum absolute atomic E-state index is 0.561. The first-order chi connectivity index (χ1) is 10.1. The van der Waals surface area contributed by atoms with E-state index in [1.165, 1.54) is 37.7 Å². The Hall–Kier alpha value is -0.0600. The number of rotatable bonds is 10. The first kappa shape index (κ1) is 19.0. The number of halogens is 2. The van der Waals surface area contributed by atoms with Crippen molar-refractivity contribution in [3.63, 3.8) is 0 Å². The van der Waals surface area contributed by atoms with E-state index in [1.54, 1.807) is 0 Å². The van der Waals surface area contributed by atoms with Crippen molar-refractivity contribution < 1.29 is 4.74 Å². The standard InChI is InChI=1S/C17H27Br2NO/c1-4-6-7-8-9-13(3)20-12-14-10-15(18)17(21-5-2)16(19)11-14/h10-11,13,20H,4-9,12H2,1-3H3. The molecule has 2 nitrogen and oxygen atoms in total. The molecule has 0 heterocycles. The van der Waals surface area contributed by atoms with E-state index < -0.39 is 0 Å². The van der Waals surface area contributed by atoms with Crippen molar-refractivity contribution in [3.8, 4) is 5.75 Å². The van der Waals surface area contributed by atoms with Crippen molar-refractivity contribution in [2.45, 2.75) is 65.5 Å². The second kappa shape index (κ2) is 10.6. The Kier molecular flexibility index (Phi) is 9.61. The minimum atomic E-state index is 0.561. The SMILES string of the molecule is CCCCCCC(C)NCc1cc(Br)c(OCC)c(Br)c1. The Morgan fingerprint density at radius 2 is 1.76 bits per heavy atom. The molecule has 0 amide bonds. The highest BCUT2D eigenvalue weighted by Crippen LogP contribution is 2.34. The van der Waals surface area contributed by atoms with Crippen molar-refractivity contribution in [3.05, 3.63) is 26.6 Å². The van der Waals surface area contributed by atoms with Crippen molar-refractivity contribution in [1.29, 1.82) is 0 Å². The van der Waals surface area contributed by atoms with Crippen LogP contribution in [0, 0.1) is 0 Å². The fourth-order valence-corrected chi connectivity index (χ4v) is 3.78. The molecule has 0 bridgehead atoms. The van der Waals surface area contributed by atoms with Crippen LogP contribution in [0.4, 0.5) is 0 Å². The lowest BCUT2D eigenvalue weighted by Crippen LogP contribution is -2.25. The van der Waals surface area contributed by atoms with E-state index in [0.29, 0.717) is 12.6 Å². The summed E-state index contributed by atoms with van der Waals surface area (Å²) in [5.41, 5.74) is 1.26. The highest BCUT2D eigenvalue weighted by molar-refractivity contribution is 9.11. The summed E-state index contributed by atoms with van der Waals surface area (Å²) in [6, 6.07) is 4.82. The van der Waals surface area contributed by atoms with E-state index in [0.717, 1.165) is 21.2 Å². The lowest BCUT2D eigenvalue weighted by Gasteiger charge is -2.15. The third kappa shape index (κ3) is 7.16. The van der Waals surface area contributed by atoms with Gasteiger partial charge in [0.15, 0.2) is 0 Å². The molecule has 1 N–H and O–H groups in total. The van der Waals surface area contributed by atoms with Gasteiger partial charge in [-0.05, 0) is 69.8 Å². The number of ether oxygens (including phenoxy) is 1. The number of hydrogen-bond donors (Lipinski definition) is 1. The monoisotopic (exact) mass is 419 g/mol. The molecule has 1 atom stereocenters. The van der Waals surface area contributed by atoms with Gasteiger partial charge in [-0.15, -0.1) is 0 Å². The van der Waals surface area contributed by atoms with Crippen LogP contribution in [0.25, 0.3) is 0 Å². The zero-order valence-electron chi connectivity index (χ0n) is 13.3. The molecule has 0 fully saturated rings.